The van der Waals surface area contributed by atoms with Gasteiger partial charge in [0.25, 0.3) is 0 Å². The fourth-order valence-electron chi connectivity index (χ4n) is 1.63. The van der Waals surface area contributed by atoms with Crippen molar-refractivity contribution in [3.8, 4) is 0 Å². The largest absolute Gasteiger partial charge is 0.472 e. The van der Waals surface area contributed by atoms with E-state index in [-0.39, 0.29) is 11.7 Å². The summed E-state index contributed by atoms with van der Waals surface area (Å²) in [6.07, 6.45) is 2.92. The van der Waals surface area contributed by atoms with Gasteiger partial charge in [0.15, 0.2) is 0 Å². The zero-order valence-electron chi connectivity index (χ0n) is 9.89. The average molecular weight is 268 g/mol. The Hall–Kier alpha value is -2.44. The molecular formula is C12H10F2N2O3. The summed E-state index contributed by atoms with van der Waals surface area (Å²) in [5, 5.41) is 13.3. The van der Waals surface area contributed by atoms with E-state index in [0.717, 1.165) is 11.6 Å². The zero-order chi connectivity index (χ0) is 14.0. The lowest BCUT2D eigenvalue weighted by Crippen LogP contribution is -2.08. The molecule has 7 heteroatoms. The van der Waals surface area contributed by atoms with Crippen LogP contribution in [-0.2, 0) is 0 Å². The van der Waals surface area contributed by atoms with Gasteiger partial charge in [-0.2, -0.15) is 4.39 Å². The van der Waals surface area contributed by atoms with Gasteiger partial charge in [0.1, 0.15) is 5.82 Å². The summed E-state index contributed by atoms with van der Waals surface area (Å²) < 4.78 is 31.6. The lowest BCUT2D eigenvalue weighted by atomic mass is 10.1. The number of halogens is 2. The van der Waals surface area contributed by atoms with Crippen molar-refractivity contribution in [2.24, 2.45) is 0 Å². The van der Waals surface area contributed by atoms with Crippen molar-refractivity contribution in [2.45, 2.75) is 13.0 Å². The maximum atomic E-state index is 13.5. The summed E-state index contributed by atoms with van der Waals surface area (Å²) in [6, 6.07) is 2.66. The molecule has 0 fully saturated rings. The third-order valence-electron chi connectivity index (χ3n) is 2.65. The van der Waals surface area contributed by atoms with Gasteiger partial charge in [-0.05, 0) is 13.0 Å². The zero-order valence-corrected chi connectivity index (χ0v) is 9.89. The van der Waals surface area contributed by atoms with Gasteiger partial charge in [0.2, 0.25) is 5.82 Å². The molecule has 2 aromatic rings. The first kappa shape index (κ1) is 13.0. The molecule has 1 aromatic carbocycles. The summed E-state index contributed by atoms with van der Waals surface area (Å²) >= 11 is 0. The predicted octanol–water partition coefficient (Wildman–Crippen LogP) is 3.64. The molecule has 19 heavy (non-hydrogen) atoms. The number of nitro benzene ring substituents is 1. The molecule has 0 saturated heterocycles. The Morgan fingerprint density at radius 2 is 2.11 bits per heavy atom. The first-order valence-electron chi connectivity index (χ1n) is 5.41. The van der Waals surface area contributed by atoms with Gasteiger partial charge < -0.3 is 9.73 Å². The Balaban J connectivity index is 2.30. The van der Waals surface area contributed by atoms with Crippen molar-refractivity contribution in [1.82, 2.24) is 0 Å². The molecule has 0 saturated carbocycles. The summed E-state index contributed by atoms with van der Waals surface area (Å²) in [5.74, 6) is -2.09. The Morgan fingerprint density at radius 3 is 2.68 bits per heavy atom. The molecule has 0 amide bonds. The first-order chi connectivity index (χ1) is 8.99. The highest BCUT2D eigenvalue weighted by atomic mass is 19.1. The van der Waals surface area contributed by atoms with E-state index in [1.807, 2.05) is 0 Å². The van der Waals surface area contributed by atoms with E-state index in [9.17, 15) is 18.9 Å². The molecule has 1 atom stereocenters. The number of nitrogens with one attached hydrogen (secondary N) is 1. The molecule has 0 aliphatic carbocycles. The molecule has 0 aliphatic heterocycles. The minimum absolute atomic E-state index is 0.137. The molecule has 1 aromatic heterocycles. The number of hydrogen-bond donors (Lipinski definition) is 1. The Morgan fingerprint density at radius 1 is 1.37 bits per heavy atom. The van der Waals surface area contributed by atoms with Crippen LogP contribution in [0.25, 0.3) is 0 Å². The number of rotatable bonds is 4. The molecular weight excluding hydrogens is 258 g/mol. The SMILES string of the molecule is CC(Nc1cc([N+](=O)[O-])c(F)cc1F)c1ccoc1. The van der Waals surface area contributed by atoms with Crippen LogP contribution in [0.3, 0.4) is 0 Å². The van der Waals surface area contributed by atoms with Crippen molar-refractivity contribution in [1.29, 1.82) is 0 Å². The average Bonchev–Trinajstić information content (AvgIpc) is 2.85. The highest BCUT2D eigenvalue weighted by molar-refractivity contribution is 5.54. The van der Waals surface area contributed by atoms with Gasteiger partial charge in [-0.3, -0.25) is 10.1 Å². The van der Waals surface area contributed by atoms with Crippen LogP contribution >= 0.6 is 0 Å². The molecule has 0 aliphatic rings. The number of nitrogens with zero attached hydrogens (tertiary/aromatic N) is 1. The third kappa shape index (κ3) is 2.70. The number of hydrogen-bond acceptors (Lipinski definition) is 4. The van der Waals surface area contributed by atoms with E-state index in [0.29, 0.717) is 6.07 Å². The van der Waals surface area contributed by atoms with E-state index in [1.54, 1.807) is 13.0 Å². The number of anilines is 1. The van der Waals surface area contributed by atoms with E-state index < -0.39 is 22.2 Å². The summed E-state index contributed by atoms with van der Waals surface area (Å²) in [7, 11) is 0. The second-order valence-corrected chi connectivity index (χ2v) is 3.96. The number of benzene rings is 1. The number of furan rings is 1. The van der Waals surface area contributed by atoms with E-state index in [4.69, 9.17) is 4.42 Å². The lowest BCUT2D eigenvalue weighted by molar-refractivity contribution is -0.387. The fourth-order valence-corrected chi connectivity index (χ4v) is 1.63. The minimum Gasteiger partial charge on any atom is -0.472 e. The van der Waals surface area contributed by atoms with Crippen LogP contribution in [0.5, 0.6) is 0 Å². The molecule has 1 unspecified atom stereocenters. The van der Waals surface area contributed by atoms with E-state index >= 15 is 0 Å². The Labute approximate surface area is 107 Å². The van der Waals surface area contributed by atoms with Crippen LogP contribution in [0, 0.1) is 21.7 Å². The molecule has 0 radical (unpaired) electrons. The van der Waals surface area contributed by atoms with Crippen LogP contribution in [0.2, 0.25) is 0 Å². The summed E-state index contributed by atoms with van der Waals surface area (Å²) in [5.41, 5.74) is -0.170. The second kappa shape index (κ2) is 5.05. The topological polar surface area (TPSA) is 68.3 Å². The molecule has 2 rings (SSSR count). The normalized spacial score (nSPS) is 12.2. The second-order valence-electron chi connectivity index (χ2n) is 3.96. The molecule has 5 nitrogen and oxygen atoms in total. The minimum atomic E-state index is -1.20. The molecule has 0 bridgehead atoms. The first-order valence-corrected chi connectivity index (χ1v) is 5.41. The van der Waals surface area contributed by atoms with Crippen molar-refractivity contribution in [3.05, 3.63) is 58.0 Å². The molecule has 100 valence electrons. The molecule has 0 spiro atoms. The Kier molecular flexibility index (Phi) is 3.46. The van der Waals surface area contributed by atoms with Gasteiger partial charge in [0, 0.05) is 17.7 Å². The highest BCUT2D eigenvalue weighted by Crippen LogP contribution is 2.28. The van der Waals surface area contributed by atoms with E-state index in [2.05, 4.69) is 5.32 Å². The lowest BCUT2D eigenvalue weighted by Gasteiger charge is -2.14. The smallest absolute Gasteiger partial charge is 0.307 e. The van der Waals surface area contributed by atoms with Crippen LogP contribution in [-0.4, -0.2) is 4.92 Å². The maximum Gasteiger partial charge on any atom is 0.307 e. The maximum absolute atomic E-state index is 13.5. The van der Waals surface area contributed by atoms with Crippen LogP contribution in [0.4, 0.5) is 20.2 Å². The van der Waals surface area contributed by atoms with Crippen molar-refractivity contribution in [3.63, 3.8) is 0 Å². The predicted molar refractivity (Wildman–Crippen MR) is 63.8 cm³/mol. The number of nitro groups is 1. The van der Waals surface area contributed by atoms with Crippen LogP contribution in [0.15, 0.2) is 35.1 Å². The van der Waals surface area contributed by atoms with Crippen LogP contribution < -0.4 is 5.32 Å². The Bertz CT molecular complexity index is 599. The van der Waals surface area contributed by atoms with Crippen molar-refractivity contribution >= 4 is 11.4 Å². The monoisotopic (exact) mass is 268 g/mol. The van der Waals surface area contributed by atoms with E-state index in [1.165, 1.54) is 12.5 Å². The molecule has 1 N–H and O–H groups in total. The fraction of sp³-hybridized carbons (Fsp3) is 0.167. The summed E-state index contributed by atoms with van der Waals surface area (Å²) in [6.45, 7) is 1.72. The third-order valence-corrected chi connectivity index (χ3v) is 2.65. The van der Waals surface area contributed by atoms with Gasteiger partial charge >= 0.3 is 5.69 Å². The van der Waals surface area contributed by atoms with Crippen molar-refractivity contribution in [2.75, 3.05) is 5.32 Å². The van der Waals surface area contributed by atoms with Crippen LogP contribution in [0.1, 0.15) is 18.5 Å². The van der Waals surface area contributed by atoms with Gasteiger partial charge in [0.05, 0.1) is 29.2 Å². The van der Waals surface area contributed by atoms with Crippen molar-refractivity contribution < 1.29 is 18.1 Å². The highest BCUT2D eigenvalue weighted by Gasteiger charge is 2.19. The summed E-state index contributed by atoms with van der Waals surface area (Å²) in [4.78, 5) is 9.70. The quantitative estimate of drug-likeness (QED) is 0.679. The van der Waals surface area contributed by atoms with Gasteiger partial charge in [-0.1, -0.05) is 0 Å². The molecule has 1 heterocycles. The van der Waals surface area contributed by atoms with Gasteiger partial charge in [-0.25, -0.2) is 4.39 Å². The standard InChI is InChI=1S/C12H10F2N2O3/c1-7(8-2-3-19-6-8)15-11-5-12(16(17)18)10(14)4-9(11)13/h2-7,15H,1H3. The van der Waals surface area contributed by atoms with Gasteiger partial charge in [-0.15, -0.1) is 0 Å².